The minimum absolute atomic E-state index is 0.911. The number of allylic oxidation sites excluding steroid dienone is 5. The Kier molecular flexibility index (Phi) is 2.50. The van der Waals surface area contributed by atoms with Crippen LogP contribution < -0.4 is 4.74 Å². The summed E-state index contributed by atoms with van der Waals surface area (Å²) in [5.74, 6) is 0.911. The van der Waals surface area contributed by atoms with Gasteiger partial charge in [-0.05, 0) is 17.7 Å². The highest BCUT2D eigenvalue weighted by Crippen LogP contribution is 2.22. The third kappa shape index (κ3) is 1.77. The second-order valence-electron chi connectivity index (χ2n) is 3.10. The van der Waals surface area contributed by atoms with Gasteiger partial charge in [-0.2, -0.15) is 0 Å². The number of hydrogen-bond donors (Lipinski definition) is 0. The fourth-order valence-corrected chi connectivity index (χ4v) is 1.45. The van der Waals surface area contributed by atoms with Gasteiger partial charge < -0.3 is 4.74 Å². The monoisotopic (exact) mass is 184 g/mol. The Morgan fingerprint density at radius 3 is 2.50 bits per heavy atom. The van der Waals surface area contributed by atoms with E-state index < -0.39 is 0 Å². The van der Waals surface area contributed by atoms with E-state index in [0.29, 0.717) is 0 Å². The van der Waals surface area contributed by atoms with Crippen LogP contribution in [-0.2, 0) is 0 Å². The number of rotatable bonds is 2. The van der Waals surface area contributed by atoms with Crippen LogP contribution in [0.1, 0.15) is 5.56 Å². The van der Waals surface area contributed by atoms with Crippen LogP contribution in [0, 0.1) is 0 Å². The van der Waals surface area contributed by atoms with Gasteiger partial charge in [0.25, 0.3) is 0 Å². The van der Waals surface area contributed by atoms with Crippen LogP contribution in [0.15, 0.2) is 54.1 Å². The molecule has 1 aromatic rings. The molecule has 0 saturated heterocycles. The Hall–Kier alpha value is -1.76. The molecule has 0 fully saturated rings. The molecule has 0 N–H and O–H groups in total. The lowest BCUT2D eigenvalue weighted by Gasteiger charge is -2.03. The standard InChI is InChI=1S/C13H12O/c1-14-13-9-5-4-8-12(13)10-11-6-2-3-7-11/h2-10H,1H3. The molecule has 1 aliphatic rings. The smallest absolute Gasteiger partial charge is 0.126 e. The van der Waals surface area contributed by atoms with E-state index in [1.54, 1.807) is 7.11 Å². The van der Waals surface area contributed by atoms with Gasteiger partial charge in [0.1, 0.15) is 5.75 Å². The van der Waals surface area contributed by atoms with Crippen LogP contribution >= 0.6 is 0 Å². The van der Waals surface area contributed by atoms with E-state index in [-0.39, 0.29) is 0 Å². The summed E-state index contributed by atoms with van der Waals surface area (Å²) in [5, 5.41) is 0. The molecule has 0 heterocycles. The third-order valence-corrected chi connectivity index (χ3v) is 2.15. The van der Waals surface area contributed by atoms with Crippen LogP contribution in [0.4, 0.5) is 0 Å². The molecule has 1 aromatic carbocycles. The van der Waals surface area contributed by atoms with Gasteiger partial charge >= 0.3 is 0 Å². The molecular weight excluding hydrogens is 172 g/mol. The lowest BCUT2D eigenvalue weighted by Crippen LogP contribution is -1.85. The predicted molar refractivity (Wildman–Crippen MR) is 59.3 cm³/mol. The molecule has 0 saturated carbocycles. The van der Waals surface area contributed by atoms with Crippen molar-refractivity contribution in [1.29, 1.82) is 0 Å². The minimum atomic E-state index is 0.911. The van der Waals surface area contributed by atoms with Crippen LogP contribution in [0.25, 0.3) is 6.08 Å². The molecule has 14 heavy (non-hydrogen) atoms. The zero-order chi connectivity index (χ0) is 9.80. The quantitative estimate of drug-likeness (QED) is 0.685. The van der Waals surface area contributed by atoms with Crippen molar-refractivity contribution < 1.29 is 4.74 Å². The lowest BCUT2D eigenvalue weighted by atomic mass is 10.1. The van der Waals surface area contributed by atoms with Gasteiger partial charge in [0.05, 0.1) is 7.11 Å². The van der Waals surface area contributed by atoms with Crippen LogP contribution in [0.5, 0.6) is 5.75 Å². The largest absolute Gasteiger partial charge is 0.496 e. The van der Waals surface area contributed by atoms with E-state index >= 15 is 0 Å². The summed E-state index contributed by atoms with van der Waals surface area (Å²) in [5.41, 5.74) is 2.32. The highest BCUT2D eigenvalue weighted by Gasteiger charge is 1.99. The lowest BCUT2D eigenvalue weighted by molar-refractivity contribution is 0.414. The van der Waals surface area contributed by atoms with Gasteiger partial charge in [-0.1, -0.05) is 42.5 Å². The van der Waals surface area contributed by atoms with E-state index in [2.05, 4.69) is 18.2 Å². The number of methoxy groups -OCH3 is 1. The predicted octanol–water partition coefficient (Wildman–Crippen LogP) is 3.20. The van der Waals surface area contributed by atoms with Crippen LogP contribution in [0.2, 0.25) is 0 Å². The summed E-state index contributed by atoms with van der Waals surface area (Å²) in [6, 6.07) is 8.00. The van der Waals surface area contributed by atoms with Crippen molar-refractivity contribution in [2.24, 2.45) is 0 Å². The molecule has 1 aliphatic carbocycles. The summed E-state index contributed by atoms with van der Waals surface area (Å²) < 4.78 is 5.26. The van der Waals surface area contributed by atoms with Crippen molar-refractivity contribution in [1.82, 2.24) is 0 Å². The Bertz CT molecular complexity index is 397. The molecule has 0 unspecified atom stereocenters. The molecule has 2 rings (SSSR count). The molecule has 0 spiro atoms. The van der Waals surface area contributed by atoms with E-state index in [1.807, 2.05) is 36.4 Å². The van der Waals surface area contributed by atoms with E-state index in [9.17, 15) is 0 Å². The zero-order valence-corrected chi connectivity index (χ0v) is 8.10. The first-order valence-corrected chi connectivity index (χ1v) is 4.59. The molecular formula is C13H12O. The third-order valence-electron chi connectivity index (χ3n) is 2.15. The van der Waals surface area contributed by atoms with Gasteiger partial charge in [-0.3, -0.25) is 0 Å². The second-order valence-corrected chi connectivity index (χ2v) is 3.10. The Balaban J connectivity index is 2.36. The SMILES string of the molecule is COc1ccccc1C=C1C=CC=C1. The second kappa shape index (κ2) is 3.97. The van der Waals surface area contributed by atoms with Crippen molar-refractivity contribution in [3.05, 3.63) is 59.7 Å². The molecule has 0 radical (unpaired) electrons. The zero-order valence-electron chi connectivity index (χ0n) is 8.10. The Labute approximate surface area is 84.0 Å². The topological polar surface area (TPSA) is 9.23 Å². The normalized spacial score (nSPS) is 13.4. The van der Waals surface area contributed by atoms with Gasteiger partial charge in [0.2, 0.25) is 0 Å². The molecule has 0 aliphatic heterocycles. The maximum absolute atomic E-state index is 5.26. The average molecular weight is 184 g/mol. The fraction of sp³-hybridized carbons (Fsp3) is 0.0769. The van der Waals surface area contributed by atoms with E-state index in [1.165, 1.54) is 5.57 Å². The Morgan fingerprint density at radius 1 is 1.07 bits per heavy atom. The maximum atomic E-state index is 5.26. The molecule has 0 aromatic heterocycles. The number of ether oxygens (including phenoxy) is 1. The first-order chi connectivity index (χ1) is 6.90. The molecule has 70 valence electrons. The summed E-state index contributed by atoms with van der Waals surface area (Å²) in [6.07, 6.45) is 10.3. The molecule has 1 heteroatoms. The van der Waals surface area contributed by atoms with Crippen LogP contribution in [-0.4, -0.2) is 7.11 Å². The maximum Gasteiger partial charge on any atom is 0.126 e. The average Bonchev–Trinajstić information content (AvgIpc) is 2.71. The Morgan fingerprint density at radius 2 is 1.79 bits per heavy atom. The first kappa shape index (κ1) is 8.82. The van der Waals surface area contributed by atoms with Gasteiger partial charge in [-0.25, -0.2) is 0 Å². The number of para-hydroxylation sites is 1. The van der Waals surface area contributed by atoms with Crippen molar-refractivity contribution in [2.45, 2.75) is 0 Å². The van der Waals surface area contributed by atoms with Crippen molar-refractivity contribution in [3.8, 4) is 5.75 Å². The number of hydrogen-bond acceptors (Lipinski definition) is 1. The van der Waals surface area contributed by atoms with Gasteiger partial charge in [0.15, 0.2) is 0 Å². The summed E-state index contributed by atoms with van der Waals surface area (Å²) >= 11 is 0. The minimum Gasteiger partial charge on any atom is -0.496 e. The van der Waals surface area contributed by atoms with Crippen molar-refractivity contribution in [2.75, 3.05) is 7.11 Å². The summed E-state index contributed by atoms with van der Waals surface area (Å²) in [7, 11) is 1.69. The van der Waals surface area contributed by atoms with Gasteiger partial charge in [-0.15, -0.1) is 0 Å². The number of benzene rings is 1. The van der Waals surface area contributed by atoms with Crippen molar-refractivity contribution >= 4 is 6.08 Å². The highest BCUT2D eigenvalue weighted by atomic mass is 16.5. The summed E-state index contributed by atoms with van der Waals surface area (Å²) in [6.45, 7) is 0. The van der Waals surface area contributed by atoms with E-state index in [4.69, 9.17) is 4.74 Å². The highest BCUT2D eigenvalue weighted by molar-refractivity contribution is 5.65. The van der Waals surface area contributed by atoms with Gasteiger partial charge in [0, 0.05) is 5.56 Å². The molecule has 1 nitrogen and oxygen atoms in total. The molecule has 0 atom stereocenters. The van der Waals surface area contributed by atoms with Crippen molar-refractivity contribution in [3.63, 3.8) is 0 Å². The van der Waals surface area contributed by atoms with E-state index in [0.717, 1.165) is 11.3 Å². The molecule has 0 bridgehead atoms. The molecule has 0 amide bonds. The van der Waals surface area contributed by atoms with Crippen LogP contribution in [0.3, 0.4) is 0 Å². The fourth-order valence-electron chi connectivity index (χ4n) is 1.45. The summed E-state index contributed by atoms with van der Waals surface area (Å²) in [4.78, 5) is 0. The first-order valence-electron chi connectivity index (χ1n) is 4.59.